The lowest BCUT2D eigenvalue weighted by molar-refractivity contribution is -0.305. The van der Waals surface area contributed by atoms with E-state index in [1.165, 1.54) is 44.9 Å². The third kappa shape index (κ3) is 27.4. The molecule has 0 aliphatic carbocycles. The molecule has 0 spiro atoms. The predicted octanol–water partition coefficient (Wildman–Crippen LogP) is 8.44. The number of carbonyl (C=O) groups excluding carboxylic acids is 2. The Hall–Kier alpha value is -2.86. The molecule has 0 aromatic carbocycles. The Bertz CT molecular complexity index is 1120. The number of aliphatic hydroxyl groups is 4. The van der Waals surface area contributed by atoms with Gasteiger partial charge in [0.15, 0.2) is 12.4 Å². The minimum atomic E-state index is -1.61. The van der Waals surface area contributed by atoms with Crippen LogP contribution >= 0.6 is 0 Å². The van der Waals surface area contributed by atoms with Crippen LogP contribution in [0.1, 0.15) is 142 Å². The first-order chi connectivity index (χ1) is 26.8. The molecule has 0 aromatic rings. The van der Waals surface area contributed by atoms with Crippen molar-refractivity contribution in [2.45, 2.75) is 179 Å². The van der Waals surface area contributed by atoms with Crippen LogP contribution in [0.3, 0.4) is 0 Å². The Balaban J connectivity index is 2.41. The number of rotatable bonds is 33. The Morgan fingerprint density at radius 2 is 1.07 bits per heavy atom. The molecule has 0 aromatic heterocycles. The molecule has 6 atom stereocenters. The lowest BCUT2D eigenvalue weighted by Crippen LogP contribution is -2.59. The summed E-state index contributed by atoms with van der Waals surface area (Å²) >= 11 is 0. The van der Waals surface area contributed by atoms with Gasteiger partial charge in [-0.15, -0.1) is 0 Å². The number of aliphatic hydroxyl groups excluding tert-OH is 4. The molecule has 1 aliphatic heterocycles. The molecule has 1 fully saturated rings. The third-order valence-corrected chi connectivity index (χ3v) is 9.12. The maximum atomic E-state index is 12.7. The zero-order valence-electron chi connectivity index (χ0n) is 33.9. The van der Waals surface area contributed by atoms with E-state index in [9.17, 15) is 30.0 Å². The van der Waals surface area contributed by atoms with Gasteiger partial charge in [0.2, 0.25) is 0 Å². The summed E-state index contributed by atoms with van der Waals surface area (Å²) in [6.07, 6.45) is 36.4. The van der Waals surface area contributed by atoms with Crippen molar-refractivity contribution in [1.29, 1.82) is 0 Å². The van der Waals surface area contributed by atoms with E-state index < -0.39 is 55.4 Å². The van der Waals surface area contributed by atoms with Crippen molar-refractivity contribution in [1.82, 2.24) is 0 Å². The topological polar surface area (TPSA) is 152 Å². The van der Waals surface area contributed by atoms with Gasteiger partial charge in [0, 0.05) is 12.8 Å². The third-order valence-electron chi connectivity index (χ3n) is 9.12. The van der Waals surface area contributed by atoms with Gasteiger partial charge in [-0.05, 0) is 51.4 Å². The van der Waals surface area contributed by atoms with E-state index in [0.29, 0.717) is 12.8 Å². The Labute approximate surface area is 332 Å². The second-order valence-electron chi connectivity index (χ2n) is 14.1. The van der Waals surface area contributed by atoms with Crippen LogP contribution < -0.4 is 0 Å². The van der Waals surface area contributed by atoms with Crippen molar-refractivity contribution < 1.29 is 49.0 Å². The van der Waals surface area contributed by atoms with Gasteiger partial charge < -0.3 is 39.4 Å². The SMILES string of the molecule is CC/C=C/C/C=C/C/C=C/C/C=C/C/C=C/C/C=C/CCC(=O)OC[C@@H](CO[C@H]1O[C@@H](CO)[C@@H](O)C(O)C1O)OC(=O)CCCCCCCCCCCCC. The molecule has 10 heteroatoms. The predicted molar refractivity (Wildman–Crippen MR) is 219 cm³/mol. The number of carbonyl (C=O) groups is 2. The van der Waals surface area contributed by atoms with E-state index in [1.807, 2.05) is 12.2 Å². The summed E-state index contributed by atoms with van der Waals surface area (Å²) in [6.45, 7) is 3.20. The van der Waals surface area contributed by atoms with Gasteiger partial charge >= 0.3 is 11.9 Å². The normalized spacial score (nSPS) is 21.3. The summed E-state index contributed by atoms with van der Waals surface area (Å²) in [5.74, 6) is -0.911. The maximum Gasteiger partial charge on any atom is 0.306 e. The smallest absolute Gasteiger partial charge is 0.306 e. The molecule has 55 heavy (non-hydrogen) atoms. The molecule has 0 saturated carbocycles. The molecular formula is C45H74O10. The van der Waals surface area contributed by atoms with Crippen molar-refractivity contribution in [2.75, 3.05) is 19.8 Å². The van der Waals surface area contributed by atoms with E-state index >= 15 is 0 Å². The fourth-order valence-corrected chi connectivity index (χ4v) is 5.80. The van der Waals surface area contributed by atoms with Crippen LogP contribution in [0.2, 0.25) is 0 Å². The molecule has 1 heterocycles. The first-order valence-electron chi connectivity index (χ1n) is 21.0. The first kappa shape index (κ1) is 50.2. The molecule has 1 rings (SSSR count). The fourth-order valence-electron chi connectivity index (χ4n) is 5.80. The van der Waals surface area contributed by atoms with Gasteiger partial charge in [-0.2, -0.15) is 0 Å². The van der Waals surface area contributed by atoms with Crippen molar-refractivity contribution in [2.24, 2.45) is 0 Å². The lowest BCUT2D eigenvalue weighted by atomic mass is 9.99. The highest BCUT2D eigenvalue weighted by Crippen LogP contribution is 2.22. The highest BCUT2D eigenvalue weighted by molar-refractivity contribution is 5.70. The molecule has 0 bridgehead atoms. The van der Waals surface area contributed by atoms with Crippen molar-refractivity contribution >= 4 is 11.9 Å². The highest BCUT2D eigenvalue weighted by Gasteiger charge is 2.44. The molecular weight excluding hydrogens is 700 g/mol. The molecule has 4 N–H and O–H groups in total. The zero-order valence-corrected chi connectivity index (χ0v) is 33.9. The number of ether oxygens (including phenoxy) is 4. The zero-order chi connectivity index (χ0) is 40.2. The monoisotopic (exact) mass is 775 g/mol. The number of unbranched alkanes of at least 4 members (excludes halogenated alkanes) is 10. The van der Waals surface area contributed by atoms with E-state index in [1.54, 1.807) is 0 Å². The molecule has 2 unspecified atom stereocenters. The van der Waals surface area contributed by atoms with Gasteiger partial charge in [0.25, 0.3) is 0 Å². The maximum absolute atomic E-state index is 12.7. The van der Waals surface area contributed by atoms with Crippen LogP contribution in [0.15, 0.2) is 72.9 Å². The van der Waals surface area contributed by atoms with E-state index in [-0.39, 0.29) is 26.1 Å². The largest absolute Gasteiger partial charge is 0.462 e. The minimum absolute atomic E-state index is 0.148. The van der Waals surface area contributed by atoms with Gasteiger partial charge in [-0.1, -0.05) is 151 Å². The molecule has 1 aliphatic rings. The van der Waals surface area contributed by atoms with Gasteiger partial charge in [0.05, 0.1) is 13.2 Å². The van der Waals surface area contributed by atoms with Gasteiger partial charge in [-0.25, -0.2) is 0 Å². The quantitative estimate of drug-likeness (QED) is 0.0291. The molecule has 1 saturated heterocycles. The fraction of sp³-hybridized carbons (Fsp3) is 0.689. The number of allylic oxidation sites excluding steroid dienone is 12. The Morgan fingerprint density at radius 3 is 1.58 bits per heavy atom. The highest BCUT2D eigenvalue weighted by atomic mass is 16.7. The van der Waals surface area contributed by atoms with Crippen LogP contribution in [-0.4, -0.2) is 89.0 Å². The van der Waals surface area contributed by atoms with Crippen molar-refractivity contribution in [3.63, 3.8) is 0 Å². The Kier molecular flexibility index (Phi) is 32.4. The lowest BCUT2D eigenvalue weighted by Gasteiger charge is -2.39. The summed E-state index contributed by atoms with van der Waals surface area (Å²) in [6, 6.07) is 0. The van der Waals surface area contributed by atoms with Gasteiger partial charge in [-0.3, -0.25) is 9.59 Å². The summed E-state index contributed by atoms with van der Waals surface area (Å²) in [5, 5.41) is 40.0. The summed E-state index contributed by atoms with van der Waals surface area (Å²) in [7, 11) is 0. The molecule has 0 amide bonds. The molecule has 0 radical (unpaired) electrons. The first-order valence-corrected chi connectivity index (χ1v) is 21.0. The second-order valence-corrected chi connectivity index (χ2v) is 14.1. The second kappa shape index (κ2) is 35.5. The average Bonchev–Trinajstić information content (AvgIpc) is 3.18. The molecule has 10 nitrogen and oxygen atoms in total. The van der Waals surface area contributed by atoms with Gasteiger partial charge in [0.1, 0.15) is 31.0 Å². The Morgan fingerprint density at radius 1 is 0.582 bits per heavy atom. The van der Waals surface area contributed by atoms with Crippen LogP contribution in [-0.2, 0) is 28.5 Å². The van der Waals surface area contributed by atoms with E-state index in [2.05, 4.69) is 74.6 Å². The number of esters is 2. The van der Waals surface area contributed by atoms with E-state index in [4.69, 9.17) is 18.9 Å². The van der Waals surface area contributed by atoms with Crippen molar-refractivity contribution in [3.8, 4) is 0 Å². The van der Waals surface area contributed by atoms with E-state index in [0.717, 1.165) is 57.8 Å². The standard InChI is InChI=1S/C45H74O10/c1-3-5-7-9-11-13-15-16-17-18-19-20-21-22-24-25-27-29-31-33-40(47)52-36-38(37-53-45-44(51)43(50)42(49)39(35-46)55-45)54-41(48)34-32-30-28-26-23-14-12-10-8-6-4-2/h5,7,11,13,16-17,19-20,22,24,27,29,38-39,42-46,49-51H,3-4,6,8-10,12,14-15,18,21,23,25-26,28,30-37H2,1-2H3/b7-5+,13-11+,17-16+,20-19+,24-22+,29-27+/t38-,39-,42+,43?,44?,45-/m0/s1. The molecule has 314 valence electrons. The summed E-state index contributed by atoms with van der Waals surface area (Å²) < 4.78 is 22.0. The van der Waals surface area contributed by atoms with Crippen LogP contribution in [0.25, 0.3) is 0 Å². The van der Waals surface area contributed by atoms with Crippen LogP contribution in [0, 0.1) is 0 Å². The summed E-state index contributed by atoms with van der Waals surface area (Å²) in [5.41, 5.74) is 0. The average molecular weight is 775 g/mol. The van der Waals surface area contributed by atoms with Crippen LogP contribution in [0.4, 0.5) is 0 Å². The minimum Gasteiger partial charge on any atom is -0.462 e. The number of hydrogen-bond acceptors (Lipinski definition) is 10. The number of hydrogen-bond donors (Lipinski definition) is 4. The van der Waals surface area contributed by atoms with Crippen LogP contribution in [0.5, 0.6) is 0 Å². The van der Waals surface area contributed by atoms with Crippen molar-refractivity contribution in [3.05, 3.63) is 72.9 Å². The summed E-state index contributed by atoms with van der Waals surface area (Å²) in [4.78, 5) is 25.2.